The first-order valence-electron chi connectivity index (χ1n) is 3.35. The van der Waals surface area contributed by atoms with E-state index in [1.54, 1.807) is 0 Å². The zero-order valence-electron chi connectivity index (χ0n) is 6.15. The lowest BCUT2D eigenvalue weighted by Gasteiger charge is -2.09. The van der Waals surface area contributed by atoms with E-state index in [4.69, 9.17) is 5.73 Å². The van der Waals surface area contributed by atoms with Crippen LogP contribution in [0.15, 0.2) is 24.3 Å². The third-order valence-electron chi connectivity index (χ3n) is 1.51. The number of hydrogen-bond acceptors (Lipinski definition) is 0. The predicted octanol–water partition coefficient (Wildman–Crippen LogP) is 2.49. The van der Waals surface area contributed by atoms with Crippen LogP contribution in [0.3, 0.4) is 0 Å². The van der Waals surface area contributed by atoms with Gasteiger partial charge in [0.25, 0.3) is 0 Å². The normalized spacial score (nSPS) is 11.7. The monoisotopic (exact) mass is 174 g/mol. The minimum absolute atomic E-state index is 0.0185. The number of nitrogens with one attached hydrogen (secondary N) is 1. The average Bonchev–Trinajstić information content (AvgIpc) is 2.03. The molecule has 4 heteroatoms. The summed E-state index contributed by atoms with van der Waals surface area (Å²) < 4.78 is 36.5. The first-order chi connectivity index (χ1) is 5.55. The number of benzene rings is 1. The minimum atomic E-state index is -4.34. The van der Waals surface area contributed by atoms with Crippen molar-refractivity contribution in [3.05, 3.63) is 35.4 Å². The fourth-order valence-corrected chi connectivity index (χ4v) is 0.951. The highest BCUT2D eigenvalue weighted by atomic mass is 19.4. The lowest BCUT2D eigenvalue weighted by atomic mass is 10.1. The van der Waals surface area contributed by atoms with Gasteiger partial charge in [0, 0.05) is 6.54 Å². The van der Waals surface area contributed by atoms with Crippen LogP contribution in [0.1, 0.15) is 11.1 Å². The molecule has 0 amide bonds. The molecule has 1 radical (unpaired) electrons. The fraction of sp³-hybridized carbons (Fsp3) is 0.250. The number of halogens is 3. The van der Waals surface area contributed by atoms with Gasteiger partial charge in [-0.1, -0.05) is 18.2 Å². The van der Waals surface area contributed by atoms with E-state index < -0.39 is 11.7 Å². The Morgan fingerprint density at radius 3 is 2.17 bits per heavy atom. The molecule has 0 aliphatic rings. The molecule has 0 aliphatic carbocycles. The largest absolute Gasteiger partial charge is 0.416 e. The van der Waals surface area contributed by atoms with Gasteiger partial charge in [0.2, 0.25) is 0 Å². The Morgan fingerprint density at radius 1 is 1.17 bits per heavy atom. The van der Waals surface area contributed by atoms with Crippen molar-refractivity contribution in [1.82, 2.24) is 5.73 Å². The highest BCUT2D eigenvalue weighted by Crippen LogP contribution is 2.31. The molecule has 0 aromatic heterocycles. The van der Waals surface area contributed by atoms with Crippen molar-refractivity contribution in [2.45, 2.75) is 12.7 Å². The van der Waals surface area contributed by atoms with Gasteiger partial charge in [-0.2, -0.15) is 13.2 Å². The molecule has 0 fully saturated rings. The molecular formula is C8H7F3N. The third kappa shape index (κ3) is 1.76. The van der Waals surface area contributed by atoms with Crippen LogP contribution in [0.25, 0.3) is 0 Å². The molecule has 0 aliphatic heterocycles. The molecule has 1 aromatic carbocycles. The fourth-order valence-electron chi connectivity index (χ4n) is 0.951. The number of rotatable bonds is 1. The van der Waals surface area contributed by atoms with Crippen molar-refractivity contribution in [1.29, 1.82) is 0 Å². The highest BCUT2D eigenvalue weighted by Gasteiger charge is 2.32. The quantitative estimate of drug-likeness (QED) is 0.624. The lowest BCUT2D eigenvalue weighted by molar-refractivity contribution is -0.138. The van der Waals surface area contributed by atoms with Crippen molar-refractivity contribution >= 4 is 0 Å². The van der Waals surface area contributed by atoms with Gasteiger partial charge in [-0.25, -0.2) is 0 Å². The van der Waals surface area contributed by atoms with Gasteiger partial charge in [0.05, 0.1) is 5.56 Å². The Kier molecular flexibility index (Phi) is 2.38. The maximum absolute atomic E-state index is 12.2. The smallest absolute Gasteiger partial charge is 0.253 e. The summed E-state index contributed by atoms with van der Waals surface area (Å²) in [5.74, 6) is 0. The topological polar surface area (TPSA) is 23.8 Å². The summed E-state index contributed by atoms with van der Waals surface area (Å²) in [4.78, 5) is 0. The van der Waals surface area contributed by atoms with Crippen LogP contribution in [-0.4, -0.2) is 0 Å². The van der Waals surface area contributed by atoms with E-state index >= 15 is 0 Å². The molecule has 0 unspecified atom stereocenters. The standard InChI is InChI=1S/C8H7F3N/c9-8(10,11)7-4-2-1-3-6(7)5-12/h1-4,12H,5H2. The SMILES string of the molecule is [NH]Cc1ccccc1C(F)(F)F. The second kappa shape index (κ2) is 3.15. The van der Waals surface area contributed by atoms with Crippen LogP contribution < -0.4 is 5.73 Å². The molecule has 0 atom stereocenters. The van der Waals surface area contributed by atoms with Gasteiger partial charge >= 0.3 is 6.18 Å². The van der Waals surface area contributed by atoms with E-state index in [0.29, 0.717) is 0 Å². The summed E-state index contributed by atoms with van der Waals surface area (Å²) >= 11 is 0. The Hall–Kier alpha value is -1.03. The second-order valence-electron chi connectivity index (χ2n) is 2.33. The molecule has 1 nitrogen and oxygen atoms in total. The maximum Gasteiger partial charge on any atom is 0.416 e. The van der Waals surface area contributed by atoms with Crippen LogP contribution in [0, 0.1) is 0 Å². The van der Waals surface area contributed by atoms with Gasteiger partial charge in [0.1, 0.15) is 0 Å². The summed E-state index contributed by atoms with van der Waals surface area (Å²) in [6, 6.07) is 5.13. The van der Waals surface area contributed by atoms with Gasteiger partial charge in [-0.3, -0.25) is 5.73 Å². The van der Waals surface area contributed by atoms with E-state index in [-0.39, 0.29) is 12.1 Å². The first kappa shape index (κ1) is 9.06. The molecular weight excluding hydrogens is 167 g/mol. The second-order valence-corrected chi connectivity index (χ2v) is 2.33. The van der Waals surface area contributed by atoms with Crippen LogP contribution in [0.5, 0.6) is 0 Å². The van der Waals surface area contributed by atoms with E-state index in [1.807, 2.05) is 0 Å². The third-order valence-corrected chi connectivity index (χ3v) is 1.51. The van der Waals surface area contributed by atoms with Crippen molar-refractivity contribution in [2.24, 2.45) is 0 Å². The Bertz CT molecular complexity index is 267. The van der Waals surface area contributed by atoms with Crippen LogP contribution in [0.4, 0.5) is 13.2 Å². The van der Waals surface area contributed by atoms with Crippen molar-refractivity contribution in [2.75, 3.05) is 0 Å². The Labute approximate surface area is 68.0 Å². The minimum Gasteiger partial charge on any atom is -0.253 e. The van der Waals surface area contributed by atoms with E-state index in [2.05, 4.69) is 0 Å². The van der Waals surface area contributed by atoms with E-state index in [9.17, 15) is 13.2 Å². The van der Waals surface area contributed by atoms with Crippen molar-refractivity contribution < 1.29 is 13.2 Å². The number of hydrogen-bond donors (Lipinski definition) is 0. The van der Waals surface area contributed by atoms with Crippen LogP contribution in [-0.2, 0) is 12.7 Å². The predicted molar refractivity (Wildman–Crippen MR) is 38.2 cm³/mol. The molecule has 12 heavy (non-hydrogen) atoms. The average molecular weight is 174 g/mol. The van der Waals surface area contributed by atoms with Gasteiger partial charge in [0.15, 0.2) is 0 Å². The zero-order chi connectivity index (χ0) is 9.19. The summed E-state index contributed by atoms with van der Waals surface area (Å²) in [7, 11) is 0. The highest BCUT2D eigenvalue weighted by molar-refractivity contribution is 5.29. The summed E-state index contributed by atoms with van der Waals surface area (Å²) in [6.07, 6.45) is -4.34. The molecule has 0 spiro atoms. The van der Waals surface area contributed by atoms with Gasteiger partial charge < -0.3 is 0 Å². The molecule has 1 N–H and O–H groups in total. The number of alkyl halides is 3. The summed E-state index contributed by atoms with van der Waals surface area (Å²) in [5.41, 5.74) is 6.17. The molecule has 0 bridgehead atoms. The molecule has 0 saturated heterocycles. The van der Waals surface area contributed by atoms with Crippen LogP contribution in [0.2, 0.25) is 0 Å². The van der Waals surface area contributed by atoms with Crippen molar-refractivity contribution in [3.63, 3.8) is 0 Å². The van der Waals surface area contributed by atoms with Gasteiger partial charge in [-0.15, -0.1) is 0 Å². The van der Waals surface area contributed by atoms with E-state index in [0.717, 1.165) is 6.07 Å². The summed E-state index contributed by atoms with van der Waals surface area (Å²) in [6.45, 7) is -0.338. The molecule has 1 aromatic rings. The van der Waals surface area contributed by atoms with Crippen LogP contribution >= 0.6 is 0 Å². The Morgan fingerprint density at radius 2 is 1.75 bits per heavy atom. The Balaban J connectivity index is 3.14. The van der Waals surface area contributed by atoms with Gasteiger partial charge in [-0.05, 0) is 11.6 Å². The molecule has 0 heterocycles. The first-order valence-corrected chi connectivity index (χ1v) is 3.35. The molecule has 0 saturated carbocycles. The molecule has 1 rings (SSSR count). The van der Waals surface area contributed by atoms with Crippen molar-refractivity contribution in [3.8, 4) is 0 Å². The lowest BCUT2D eigenvalue weighted by Crippen LogP contribution is -2.08. The summed E-state index contributed by atoms with van der Waals surface area (Å²) in [5, 5.41) is 0. The zero-order valence-corrected chi connectivity index (χ0v) is 6.15. The molecule has 65 valence electrons. The maximum atomic E-state index is 12.2. The van der Waals surface area contributed by atoms with E-state index in [1.165, 1.54) is 18.2 Å².